The third-order valence-corrected chi connectivity index (χ3v) is 7.15. The van der Waals surface area contributed by atoms with Gasteiger partial charge in [-0.25, -0.2) is 4.79 Å². The van der Waals surface area contributed by atoms with Crippen molar-refractivity contribution < 1.29 is 19.1 Å². The highest BCUT2D eigenvalue weighted by Crippen LogP contribution is 2.56. The number of ketones is 1. The highest BCUT2D eigenvalue weighted by Gasteiger charge is 2.62. The van der Waals surface area contributed by atoms with E-state index in [1.165, 1.54) is 7.11 Å². The molecule has 2 aromatic carbocycles. The Labute approximate surface area is 206 Å². The van der Waals surface area contributed by atoms with E-state index in [1.54, 1.807) is 35.2 Å². The van der Waals surface area contributed by atoms with Crippen molar-refractivity contribution in [2.24, 2.45) is 5.73 Å². The first kappa shape index (κ1) is 22.5. The van der Waals surface area contributed by atoms with Gasteiger partial charge in [-0.2, -0.15) is 0 Å². The van der Waals surface area contributed by atoms with Crippen LogP contribution in [0.5, 0.6) is 0 Å². The molecule has 1 amide bonds. The number of rotatable bonds is 2. The van der Waals surface area contributed by atoms with Gasteiger partial charge in [0.2, 0.25) is 5.91 Å². The number of aryl methyl sites for hydroxylation is 1. The molecule has 2 heterocycles. The lowest BCUT2D eigenvalue weighted by Crippen LogP contribution is -2.53. The Morgan fingerprint density at radius 1 is 1.15 bits per heavy atom. The summed E-state index contributed by atoms with van der Waals surface area (Å²) in [6, 6.07) is 10.3. The van der Waals surface area contributed by atoms with Crippen LogP contribution in [0.25, 0.3) is 0 Å². The Bertz CT molecular complexity index is 1360. The number of hydrogen-bond acceptors (Lipinski definition) is 6. The highest BCUT2D eigenvalue weighted by atomic mass is 35.5. The van der Waals surface area contributed by atoms with Gasteiger partial charge in [0.15, 0.2) is 5.78 Å². The van der Waals surface area contributed by atoms with Gasteiger partial charge in [-0.3, -0.25) is 14.5 Å². The van der Waals surface area contributed by atoms with Crippen LogP contribution in [-0.4, -0.2) is 24.8 Å². The second kappa shape index (κ2) is 7.89. The average Bonchev–Trinajstić information content (AvgIpc) is 3.06. The summed E-state index contributed by atoms with van der Waals surface area (Å²) in [7, 11) is 1.21. The molecule has 0 fully saturated rings. The van der Waals surface area contributed by atoms with Crippen LogP contribution in [0.1, 0.15) is 30.4 Å². The number of carbonyl (C=O) groups is 3. The second-order valence-corrected chi connectivity index (χ2v) is 9.38. The van der Waals surface area contributed by atoms with E-state index in [1.807, 2.05) is 13.0 Å². The van der Waals surface area contributed by atoms with E-state index in [2.05, 4.69) is 5.32 Å². The van der Waals surface area contributed by atoms with Crippen LogP contribution in [0.4, 0.5) is 11.4 Å². The molecule has 1 unspecified atom stereocenters. The van der Waals surface area contributed by atoms with E-state index in [-0.39, 0.29) is 29.2 Å². The zero-order chi connectivity index (χ0) is 24.4. The maximum atomic E-state index is 13.8. The number of fused-ring (bicyclic) bond motifs is 3. The van der Waals surface area contributed by atoms with Gasteiger partial charge in [-0.1, -0.05) is 29.3 Å². The molecule has 174 valence electrons. The zero-order valence-corrected chi connectivity index (χ0v) is 20.0. The Morgan fingerprint density at radius 3 is 2.62 bits per heavy atom. The fourth-order valence-corrected chi connectivity index (χ4v) is 5.74. The first-order chi connectivity index (χ1) is 16.2. The molecule has 0 saturated heterocycles. The monoisotopic (exact) mass is 497 g/mol. The number of ether oxygens (including phenoxy) is 1. The predicted molar refractivity (Wildman–Crippen MR) is 130 cm³/mol. The summed E-state index contributed by atoms with van der Waals surface area (Å²) < 4.78 is 5.11. The second-order valence-electron chi connectivity index (χ2n) is 8.53. The number of hydrogen-bond donors (Lipinski definition) is 2. The molecule has 1 aliphatic carbocycles. The van der Waals surface area contributed by atoms with Crippen molar-refractivity contribution in [2.75, 3.05) is 17.3 Å². The molecular weight excluding hydrogens is 477 g/mol. The summed E-state index contributed by atoms with van der Waals surface area (Å²) in [5.74, 6) is -1.63. The SMILES string of the molecule is COC(=O)C1=C(N)N(c2ccc(C)cc2Cl)C2=C(C(=O)CCC2)C12C(=O)Nc1ccc(Cl)cc12. The minimum Gasteiger partial charge on any atom is -0.466 e. The van der Waals surface area contributed by atoms with E-state index in [0.29, 0.717) is 45.5 Å². The quantitative estimate of drug-likeness (QED) is 0.597. The van der Waals surface area contributed by atoms with Gasteiger partial charge >= 0.3 is 5.97 Å². The lowest BCUT2D eigenvalue weighted by molar-refractivity contribution is -0.138. The summed E-state index contributed by atoms with van der Waals surface area (Å²) >= 11 is 12.9. The number of allylic oxidation sites excluding steroid dienone is 1. The van der Waals surface area contributed by atoms with Crippen molar-refractivity contribution in [3.63, 3.8) is 0 Å². The van der Waals surface area contributed by atoms with Crippen molar-refractivity contribution in [3.8, 4) is 0 Å². The number of esters is 1. The number of carbonyl (C=O) groups excluding carboxylic acids is 3. The Kier molecular flexibility index (Phi) is 5.22. The Hall–Kier alpha value is -3.29. The molecular formula is C25H21Cl2N3O4. The van der Waals surface area contributed by atoms with E-state index in [0.717, 1.165) is 5.56 Å². The molecule has 9 heteroatoms. The lowest BCUT2D eigenvalue weighted by atomic mass is 9.63. The number of Topliss-reactive ketones (excluding diaryl/α,β-unsaturated/α-hetero) is 1. The van der Waals surface area contributed by atoms with E-state index >= 15 is 0 Å². The van der Waals surface area contributed by atoms with Crippen LogP contribution in [-0.2, 0) is 24.5 Å². The molecule has 1 atom stereocenters. The molecule has 34 heavy (non-hydrogen) atoms. The van der Waals surface area contributed by atoms with Crippen molar-refractivity contribution in [1.82, 2.24) is 0 Å². The number of benzene rings is 2. The third-order valence-electron chi connectivity index (χ3n) is 6.61. The van der Waals surface area contributed by atoms with Crippen LogP contribution >= 0.6 is 23.2 Å². The van der Waals surface area contributed by atoms with Crippen molar-refractivity contribution in [3.05, 3.63) is 80.2 Å². The van der Waals surface area contributed by atoms with Gasteiger partial charge in [0.05, 0.1) is 17.8 Å². The predicted octanol–water partition coefficient (Wildman–Crippen LogP) is 4.36. The molecule has 3 N–H and O–H groups in total. The maximum Gasteiger partial charge on any atom is 0.339 e. The zero-order valence-electron chi connectivity index (χ0n) is 18.5. The Morgan fingerprint density at radius 2 is 1.91 bits per heavy atom. The molecule has 0 saturated carbocycles. The largest absolute Gasteiger partial charge is 0.466 e. The van der Waals surface area contributed by atoms with Crippen molar-refractivity contribution in [2.45, 2.75) is 31.6 Å². The number of anilines is 2. The van der Waals surface area contributed by atoms with Crippen LogP contribution < -0.4 is 16.0 Å². The fraction of sp³-hybridized carbons (Fsp3) is 0.240. The molecule has 3 aliphatic rings. The fourth-order valence-electron chi connectivity index (χ4n) is 5.25. The maximum absolute atomic E-state index is 13.8. The molecule has 2 aromatic rings. The smallest absolute Gasteiger partial charge is 0.339 e. The van der Waals surface area contributed by atoms with Gasteiger partial charge in [0, 0.05) is 34.0 Å². The molecule has 7 nitrogen and oxygen atoms in total. The standard InChI is InChI=1S/C25H21Cl2N3O4/c1-12-6-9-17(15(27)10-12)30-18-4-3-5-19(31)20(18)25(21(22(30)28)23(32)34-2)14-11-13(26)7-8-16(14)29-24(25)33/h6-11H,3-5,28H2,1-2H3,(H,29,33). The third kappa shape index (κ3) is 2.93. The minimum absolute atomic E-state index is 0.0194. The summed E-state index contributed by atoms with van der Waals surface area (Å²) in [6.45, 7) is 1.90. The molecule has 0 aromatic heterocycles. The van der Waals surface area contributed by atoms with Gasteiger partial charge in [-0.15, -0.1) is 0 Å². The molecule has 5 rings (SSSR count). The van der Waals surface area contributed by atoms with Gasteiger partial charge in [-0.05, 0) is 55.7 Å². The first-order valence-electron chi connectivity index (χ1n) is 10.7. The lowest BCUT2D eigenvalue weighted by Gasteiger charge is -2.44. The van der Waals surface area contributed by atoms with Crippen LogP contribution in [0, 0.1) is 6.92 Å². The highest BCUT2D eigenvalue weighted by molar-refractivity contribution is 6.34. The van der Waals surface area contributed by atoms with E-state index in [4.69, 9.17) is 33.7 Å². The summed E-state index contributed by atoms with van der Waals surface area (Å²) in [4.78, 5) is 42.3. The van der Waals surface area contributed by atoms with Gasteiger partial charge < -0.3 is 15.8 Å². The number of amides is 1. The summed E-state index contributed by atoms with van der Waals surface area (Å²) in [6.07, 6.45) is 1.26. The normalized spacial score (nSPS) is 21.6. The average molecular weight is 498 g/mol. The van der Waals surface area contributed by atoms with Crippen LogP contribution in [0.15, 0.2) is 59.1 Å². The molecule has 2 aliphatic heterocycles. The van der Waals surface area contributed by atoms with Crippen LogP contribution in [0.3, 0.4) is 0 Å². The number of nitrogens with one attached hydrogen (secondary N) is 1. The first-order valence-corrected chi connectivity index (χ1v) is 11.5. The van der Waals surface area contributed by atoms with Gasteiger partial charge in [0.25, 0.3) is 0 Å². The topological polar surface area (TPSA) is 102 Å². The molecule has 0 radical (unpaired) electrons. The van der Waals surface area contributed by atoms with Crippen LogP contribution in [0.2, 0.25) is 10.0 Å². The number of nitrogens with zero attached hydrogens (tertiary/aromatic N) is 1. The summed E-state index contributed by atoms with van der Waals surface area (Å²) in [5.41, 5.74) is 7.80. The summed E-state index contributed by atoms with van der Waals surface area (Å²) in [5, 5.41) is 3.56. The number of methoxy groups -OCH3 is 1. The number of nitrogens with two attached hydrogens (primary N) is 1. The van der Waals surface area contributed by atoms with E-state index in [9.17, 15) is 14.4 Å². The van der Waals surface area contributed by atoms with Crippen molar-refractivity contribution in [1.29, 1.82) is 0 Å². The molecule has 0 bridgehead atoms. The minimum atomic E-state index is -1.78. The number of halogens is 2. The van der Waals surface area contributed by atoms with E-state index < -0.39 is 17.3 Å². The molecule has 1 spiro atoms. The Balaban J connectivity index is 1.93. The van der Waals surface area contributed by atoms with Crippen molar-refractivity contribution >= 4 is 52.2 Å². The van der Waals surface area contributed by atoms with Gasteiger partial charge in [0.1, 0.15) is 16.8 Å².